The van der Waals surface area contributed by atoms with E-state index < -0.39 is 0 Å². The Morgan fingerprint density at radius 2 is 2.04 bits per heavy atom. The summed E-state index contributed by atoms with van der Waals surface area (Å²) in [4.78, 5) is 10.9. The molecule has 2 fully saturated rings. The Morgan fingerprint density at radius 3 is 2.83 bits per heavy atom. The predicted octanol–water partition coefficient (Wildman–Crippen LogP) is 2.06. The molecule has 5 rings (SSSR count). The number of aliphatic hydroxyl groups is 1. The fourth-order valence-electron chi connectivity index (χ4n) is 3.82. The predicted molar refractivity (Wildman–Crippen MR) is 86.6 cm³/mol. The second kappa shape index (κ2) is 4.73. The highest BCUT2D eigenvalue weighted by Gasteiger charge is 2.57. The van der Waals surface area contributed by atoms with Crippen LogP contribution in [0.2, 0.25) is 0 Å². The minimum absolute atomic E-state index is 0.179. The molecule has 1 aliphatic carbocycles. The molecule has 6 nitrogen and oxygen atoms in total. The van der Waals surface area contributed by atoms with E-state index in [-0.39, 0.29) is 17.5 Å². The molecule has 24 heavy (non-hydrogen) atoms. The maximum Gasteiger partial charge on any atom is 0.168 e. The highest BCUT2D eigenvalue weighted by Crippen LogP contribution is 2.51. The molecule has 1 atom stereocenters. The molecule has 1 aromatic carbocycles. The third-order valence-corrected chi connectivity index (χ3v) is 5.23. The van der Waals surface area contributed by atoms with E-state index in [1.165, 1.54) is 17.1 Å². The van der Waals surface area contributed by atoms with Crippen molar-refractivity contribution >= 4 is 16.9 Å². The topological polar surface area (TPSA) is 67.1 Å². The van der Waals surface area contributed by atoms with Gasteiger partial charge in [0.15, 0.2) is 5.65 Å². The van der Waals surface area contributed by atoms with Gasteiger partial charge in [0, 0.05) is 6.54 Å². The summed E-state index contributed by atoms with van der Waals surface area (Å²) in [5.41, 5.74) is 0.753. The molecule has 1 saturated heterocycles. The Morgan fingerprint density at radius 1 is 1.21 bits per heavy atom. The van der Waals surface area contributed by atoms with E-state index in [4.69, 9.17) is 0 Å². The largest absolute Gasteiger partial charge is 0.391 e. The average Bonchev–Trinajstić information content (AvgIpc) is 3.18. The first-order chi connectivity index (χ1) is 11.7. The lowest BCUT2D eigenvalue weighted by Gasteiger charge is -2.27. The number of hydrogen-bond acceptors (Lipinski definition) is 5. The zero-order valence-electron chi connectivity index (χ0n) is 12.9. The highest BCUT2D eigenvalue weighted by atomic mass is 19.1. The van der Waals surface area contributed by atoms with Crippen LogP contribution in [0, 0.1) is 5.82 Å². The molecule has 1 aliphatic heterocycles. The number of rotatable bonds is 2. The Labute approximate surface area is 137 Å². The van der Waals surface area contributed by atoms with Gasteiger partial charge in [-0.05, 0) is 31.4 Å². The first kappa shape index (κ1) is 13.9. The molecule has 2 aliphatic rings. The van der Waals surface area contributed by atoms with E-state index in [1.807, 2.05) is 0 Å². The van der Waals surface area contributed by atoms with E-state index in [2.05, 4.69) is 20.0 Å². The summed E-state index contributed by atoms with van der Waals surface area (Å²) in [6.45, 7) is 0.762. The minimum Gasteiger partial charge on any atom is -0.391 e. The second-order valence-corrected chi connectivity index (χ2v) is 6.50. The normalized spacial score (nSPS) is 21.8. The molecule has 1 spiro atoms. The Kier molecular flexibility index (Phi) is 2.73. The molecule has 0 bridgehead atoms. The van der Waals surface area contributed by atoms with Gasteiger partial charge in [-0.15, -0.1) is 0 Å². The van der Waals surface area contributed by atoms with Crippen LogP contribution in [-0.2, 0) is 0 Å². The first-order valence-electron chi connectivity index (χ1n) is 8.10. The van der Waals surface area contributed by atoms with Gasteiger partial charge < -0.3 is 10.0 Å². The van der Waals surface area contributed by atoms with Gasteiger partial charge in [-0.1, -0.05) is 12.1 Å². The van der Waals surface area contributed by atoms with Crippen LogP contribution in [0.5, 0.6) is 0 Å². The molecule has 3 aromatic rings. The van der Waals surface area contributed by atoms with Crippen molar-refractivity contribution in [3.05, 3.63) is 42.6 Å². The first-order valence-corrected chi connectivity index (χ1v) is 8.10. The van der Waals surface area contributed by atoms with Crippen molar-refractivity contribution in [3.63, 3.8) is 0 Å². The zero-order chi connectivity index (χ0) is 16.3. The van der Waals surface area contributed by atoms with Crippen molar-refractivity contribution in [1.29, 1.82) is 0 Å². The molecule has 1 unspecified atom stereocenters. The number of aliphatic hydroxyl groups excluding tert-OH is 1. The van der Waals surface area contributed by atoms with Crippen LogP contribution in [0.4, 0.5) is 10.2 Å². The Bertz CT molecular complexity index is 936. The van der Waals surface area contributed by atoms with Crippen LogP contribution in [0.25, 0.3) is 16.7 Å². The van der Waals surface area contributed by atoms with Crippen molar-refractivity contribution in [2.45, 2.75) is 30.9 Å². The standard InChI is InChI=1S/C17H16FN5O/c18-12-3-1-2-4-13(12)23-16-11(9-21-23)15(19-10-20-16)22-8-5-14(24)17(22)6-7-17/h1-4,9-10,14,24H,5-8H2. The van der Waals surface area contributed by atoms with E-state index in [0.717, 1.165) is 37.0 Å². The molecule has 1 N–H and O–H groups in total. The molecular weight excluding hydrogens is 309 g/mol. The lowest BCUT2D eigenvalue weighted by atomic mass is 10.1. The summed E-state index contributed by atoms with van der Waals surface area (Å²) in [6, 6.07) is 6.49. The molecule has 3 heterocycles. The van der Waals surface area contributed by atoms with Crippen LogP contribution in [-0.4, -0.2) is 43.0 Å². The van der Waals surface area contributed by atoms with Crippen molar-refractivity contribution in [2.24, 2.45) is 0 Å². The maximum atomic E-state index is 14.1. The molecule has 2 aromatic heterocycles. The fourth-order valence-corrected chi connectivity index (χ4v) is 3.82. The van der Waals surface area contributed by atoms with E-state index in [9.17, 15) is 9.50 Å². The average molecular weight is 325 g/mol. The van der Waals surface area contributed by atoms with Crippen molar-refractivity contribution in [1.82, 2.24) is 19.7 Å². The van der Waals surface area contributed by atoms with Crippen LogP contribution in [0.1, 0.15) is 19.3 Å². The van der Waals surface area contributed by atoms with Gasteiger partial charge in [0.25, 0.3) is 0 Å². The second-order valence-electron chi connectivity index (χ2n) is 6.50. The number of para-hydroxylation sites is 1. The van der Waals surface area contributed by atoms with Gasteiger partial charge in [-0.3, -0.25) is 0 Å². The lowest BCUT2D eigenvalue weighted by Crippen LogP contribution is -2.38. The zero-order valence-corrected chi connectivity index (χ0v) is 12.9. The fraction of sp³-hybridized carbons (Fsp3) is 0.353. The van der Waals surface area contributed by atoms with E-state index >= 15 is 0 Å². The summed E-state index contributed by atoms with van der Waals surface area (Å²) < 4.78 is 15.6. The van der Waals surface area contributed by atoms with Gasteiger partial charge in [-0.25, -0.2) is 19.0 Å². The van der Waals surface area contributed by atoms with Crippen LogP contribution in [0.3, 0.4) is 0 Å². The highest BCUT2D eigenvalue weighted by molar-refractivity contribution is 5.88. The van der Waals surface area contributed by atoms with Gasteiger partial charge in [0.1, 0.15) is 23.6 Å². The SMILES string of the molecule is OC1CCN(c2ncnc3c2cnn3-c2ccccc2F)C12CC2. The smallest absolute Gasteiger partial charge is 0.168 e. The third-order valence-electron chi connectivity index (χ3n) is 5.23. The van der Waals surface area contributed by atoms with Crippen LogP contribution >= 0.6 is 0 Å². The van der Waals surface area contributed by atoms with E-state index in [0.29, 0.717) is 11.3 Å². The van der Waals surface area contributed by atoms with Crippen LogP contribution in [0.15, 0.2) is 36.8 Å². The number of nitrogens with zero attached hydrogens (tertiary/aromatic N) is 5. The maximum absolute atomic E-state index is 14.1. The number of hydrogen-bond donors (Lipinski definition) is 1. The Balaban J connectivity index is 1.67. The lowest BCUT2D eigenvalue weighted by molar-refractivity contribution is 0.155. The van der Waals surface area contributed by atoms with Crippen molar-refractivity contribution in [2.75, 3.05) is 11.4 Å². The summed E-state index contributed by atoms with van der Waals surface area (Å²) in [5, 5.41) is 15.4. The third kappa shape index (κ3) is 1.76. The number of aromatic nitrogens is 4. The number of fused-ring (bicyclic) bond motifs is 1. The monoisotopic (exact) mass is 325 g/mol. The number of benzene rings is 1. The quantitative estimate of drug-likeness (QED) is 0.781. The summed E-state index contributed by atoms with van der Waals surface area (Å²) >= 11 is 0. The minimum atomic E-state index is -0.349. The number of halogens is 1. The molecule has 7 heteroatoms. The molecular formula is C17H16FN5O. The van der Waals surface area contributed by atoms with Gasteiger partial charge >= 0.3 is 0 Å². The molecule has 1 saturated carbocycles. The summed E-state index contributed by atoms with van der Waals surface area (Å²) in [7, 11) is 0. The summed E-state index contributed by atoms with van der Waals surface area (Å²) in [5.74, 6) is 0.426. The molecule has 0 radical (unpaired) electrons. The Hall–Kier alpha value is -2.54. The van der Waals surface area contributed by atoms with Gasteiger partial charge in [0.05, 0.1) is 23.2 Å². The van der Waals surface area contributed by atoms with Gasteiger partial charge in [-0.2, -0.15) is 5.10 Å². The summed E-state index contributed by atoms with van der Waals surface area (Å²) in [6.07, 6.45) is 5.54. The molecule has 122 valence electrons. The van der Waals surface area contributed by atoms with Crippen LogP contribution < -0.4 is 4.90 Å². The molecule has 0 amide bonds. The van der Waals surface area contributed by atoms with Crippen molar-refractivity contribution in [3.8, 4) is 5.69 Å². The number of anilines is 1. The van der Waals surface area contributed by atoms with Gasteiger partial charge in [0.2, 0.25) is 0 Å². The van der Waals surface area contributed by atoms with E-state index in [1.54, 1.807) is 24.4 Å². The van der Waals surface area contributed by atoms with Crippen molar-refractivity contribution < 1.29 is 9.50 Å².